The van der Waals surface area contributed by atoms with Crippen LogP contribution >= 0.6 is 11.6 Å². The Morgan fingerprint density at radius 2 is 2.11 bits per heavy atom. The van der Waals surface area contributed by atoms with E-state index in [1.807, 2.05) is 49.4 Å². The highest BCUT2D eigenvalue weighted by Gasteiger charge is 2.28. The van der Waals surface area contributed by atoms with Crippen LogP contribution in [0.2, 0.25) is 5.02 Å². The van der Waals surface area contributed by atoms with Gasteiger partial charge >= 0.3 is 0 Å². The zero-order valence-corrected chi connectivity index (χ0v) is 15.8. The van der Waals surface area contributed by atoms with Gasteiger partial charge in [-0.15, -0.1) is 0 Å². The number of hydrogen-bond acceptors (Lipinski definition) is 5. The van der Waals surface area contributed by atoms with Gasteiger partial charge in [0.05, 0.1) is 11.7 Å². The molecule has 0 bridgehead atoms. The fourth-order valence-corrected chi connectivity index (χ4v) is 3.74. The number of anilines is 3. The predicted molar refractivity (Wildman–Crippen MR) is 109 cm³/mol. The summed E-state index contributed by atoms with van der Waals surface area (Å²) in [6.07, 6.45) is 7.67. The number of aromatic amines is 1. The van der Waals surface area contributed by atoms with Crippen LogP contribution in [0.5, 0.6) is 0 Å². The molecule has 1 fully saturated rings. The van der Waals surface area contributed by atoms with E-state index >= 15 is 0 Å². The fraction of sp³-hybridized carbons (Fsp3) is 0.250. The third-order valence-electron chi connectivity index (χ3n) is 4.66. The molecule has 1 saturated heterocycles. The number of rotatable bonds is 5. The topological polar surface area (TPSA) is 69.7 Å². The van der Waals surface area contributed by atoms with Gasteiger partial charge in [0.25, 0.3) is 0 Å². The quantitative estimate of drug-likeness (QED) is 0.653. The molecular formula is C20H21ClN6. The van der Waals surface area contributed by atoms with E-state index in [2.05, 4.69) is 36.4 Å². The van der Waals surface area contributed by atoms with Crippen molar-refractivity contribution in [3.63, 3.8) is 0 Å². The van der Waals surface area contributed by atoms with Gasteiger partial charge in [-0.3, -0.25) is 5.10 Å². The van der Waals surface area contributed by atoms with Crippen LogP contribution in [0.1, 0.15) is 37.1 Å². The number of hydrogen-bond donors (Lipinski definition) is 2. The molecule has 0 radical (unpaired) electrons. The summed E-state index contributed by atoms with van der Waals surface area (Å²) in [5.74, 6) is 2.32. The normalized spacial score (nSPS) is 17.0. The fourth-order valence-electron chi connectivity index (χ4n) is 3.48. The summed E-state index contributed by atoms with van der Waals surface area (Å²) in [7, 11) is 0. The van der Waals surface area contributed by atoms with E-state index in [9.17, 15) is 0 Å². The van der Waals surface area contributed by atoms with Crippen LogP contribution in [0.15, 0.2) is 48.8 Å². The van der Waals surface area contributed by atoms with Crippen LogP contribution in [-0.4, -0.2) is 26.7 Å². The lowest BCUT2D eigenvalue weighted by Crippen LogP contribution is -2.24. The van der Waals surface area contributed by atoms with E-state index in [0.717, 1.165) is 47.3 Å². The van der Waals surface area contributed by atoms with Crippen molar-refractivity contribution in [2.75, 3.05) is 16.8 Å². The number of benzene rings is 1. The average molecular weight is 381 g/mol. The van der Waals surface area contributed by atoms with Crippen LogP contribution in [0, 0.1) is 0 Å². The third-order valence-corrected chi connectivity index (χ3v) is 5.01. The summed E-state index contributed by atoms with van der Waals surface area (Å²) in [4.78, 5) is 11.1. The van der Waals surface area contributed by atoms with Gasteiger partial charge in [0, 0.05) is 23.7 Å². The molecule has 0 saturated carbocycles. The molecule has 27 heavy (non-hydrogen) atoms. The van der Waals surface area contributed by atoms with E-state index < -0.39 is 0 Å². The SMILES string of the molecule is C/C=C/c1cc(Nc2cc(N3CCCC3c3ccccc3Cl)ncn2)n[nH]1. The van der Waals surface area contributed by atoms with Gasteiger partial charge in [-0.05, 0) is 37.5 Å². The molecule has 1 unspecified atom stereocenters. The number of allylic oxidation sites excluding steroid dienone is 1. The molecule has 0 aliphatic carbocycles. The molecule has 7 heteroatoms. The van der Waals surface area contributed by atoms with Crippen LogP contribution in [0.4, 0.5) is 17.5 Å². The van der Waals surface area contributed by atoms with E-state index in [-0.39, 0.29) is 6.04 Å². The van der Waals surface area contributed by atoms with Crippen molar-refractivity contribution in [1.29, 1.82) is 0 Å². The highest BCUT2D eigenvalue weighted by molar-refractivity contribution is 6.31. The third kappa shape index (κ3) is 3.80. The zero-order valence-electron chi connectivity index (χ0n) is 15.1. The molecule has 2 N–H and O–H groups in total. The molecule has 1 aliphatic rings. The maximum absolute atomic E-state index is 6.43. The number of nitrogens with one attached hydrogen (secondary N) is 2. The smallest absolute Gasteiger partial charge is 0.153 e. The maximum atomic E-state index is 6.43. The number of halogens is 1. The number of aromatic nitrogens is 4. The Labute approximate surface area is 163 Å². The molecule has 1 atom stereocenters. The van der Waals surface area contributed by atoms with Crippen molar-refractivity contribution >= 4 is 35.1 Å². The lowest BCUT2D eigenvalue weighted by atomic mass is 10.0. The minimum Gasteiger partial charge on any atom is -0.349 e. The lowest BCUT2D eigenvalue weighted by Gasteiger charge is -2.26. The van der Waals surface area contributed by atoms with Gasteiger partial charge < -0.3 is 10.2 Å². The Bertz CT molecular complexity index is 951. The minimum atomic E-state index is 0.230. The van der Waals surface area contributed by atoms with E-state index in [1.54, 1.807) is 6.33 Å². The first-order chi connectivity index (χ1) is 13.2. The first kappa shape index (κ1) is 17.5. The number of H-pyrrole nitrogens is 1. The summed E-state index contributed by atoms with van der Waals surface area (Å²) in [5.41, 5.74) is 2.08. The summed E-state index contributed by atoms with van der Waals surface area (Å²) in [6.45, 7) is 2.91. The molecule has 3 aromatic rings. The Morgan fingerprint density at radius 1 is 1.22 bits per heavy atom. The Kier molecular flexibility index (Phi) is 5.07. The summed E-state index contributed by atoms with van der Waals surface area (Å²) < 4.78 is 0. The molecule has 6 nitrogen and oxygen atoms in total. The molecule has 2 aromatic heterocycles. The highest BCUT2D eigenvalue weighted by Crippen LogP contribution is 2.38. The standard InChI is InChI=1S/C20H21ClN6/c1-2-6-14-11-19(26-25-14)24-18-12-20(23-13-22-18)27-10-5-9-17(27)15-7-3-4-8-16(15)21/h2-4,6-8,11-13,17H,5,9-10H2,1H3,(H2,22,23,24,25,26)/b6-2+. The number of nitrogens with zero attached hydrogens (tertiary/aromatic N) is 4. The highest BCUT2D eigenvalue weighted by atomic mass is 35.5. The van der Waals surface area contributed by atoms with Gasteiger partial charge in [-0.25, -0.2) is 9.97 Å². The molecule has 138 valence electrons. The molecule has 4 rings (SSSR count). The van der Waals surface area contributed by atoms with Crippen molar-refractivity contribution in [2.45, 2.75) is 25.8 Å². The maximum Gasteiger partial charge on any atom is 0.153 e. The van der Waals surface area contributed by atoms with Crippen LogP contribution < -0.4 is 10.2 Å². The van der Waals surface area contributed by atoms with Gasteiger partial charge in [0.15, 0.2) is 5.82 Å². The van der Waals surface area contributed by atoms with Gasteiger partial charge in [-0.1, -0.05) is 35.9 Å². The van der Waals surface area contributed by atoms with Crippen molar-refractivity contribution in [2.24, 2.45) is 0 Å². The van der Waals surface area contributed by atoms with E-state index in [0.29, 0.717) is 5.82 Å². The first-order valence-electron chi connectivity index (χ1n) is 9.03. The second-order valence-electron chi connectivity index (χ2n) is 6.47. The first-order valence-corrected chi connectivity index (χ1v) is 9.40. The van der Waals surface area contributed by atoms with Gasteiger partial charge in [0.1, 0.15) is 18.0 Å². The summed E-state index contributed by atoms with van der Waals surface area (Å²) in [5, 5.41) is 11.2. The largest absolute Gasteiger partial charge is 0.349 e. The van der Waals surface area contributed by atoms with Gasteiger partial charge in [0.2, 0.25) is 0 Å². The van der Waals surface area contributed by atoms with Crippen LogP contribution in [0.3, 0.4) is 0 Å². The van der Waals surface area contributed by atoms with Crippen molar-refractivity contribution in [1.82, 2.24) is 20.2 Å². The predicted octanol–water partition coefficient (Wildman–Crippen LogP) is 4.97. The molecule has 1 aromatic carbocycles. The minimum absolute atomic E-state index is 0.230. The Hall–Kier alpha value is -2.86. The molecule has 0 spiro atoms. The van der Waals surface area contributed by atoms with Crippen molar-refractivity contribution in [3.8, 4) is 0 Å². The Balaban J connectivity index is 1.57. The Morgan fingerprint density at radius 3 is 2.96 bits per heavy atom. The van der Waals surface area contributed by atoms with Crippen LogP contribution in [0.25, 0.3) is 6.08 Å². The summed E-state index contributed by atoms with van der Waals surface area (Å²) >= 11 is 6.43. The van der Waals surface area contributed by atoms with Crippen LogP contribution in [-0.2, 0) is 0 Å². The van der Waals surface area contributed by atoms with E-state index in [4.69, 9.17) is 11.6 Å². The molecule has 0 amide bonds. The zero-order chi connectivity index (χ0) is 18.6. The van der Waals surface area contributed by atoms with Crippen molar-refractivity contribution < 1.29 is 0 Å². The summed E-state index contributed by atoms with van der Waals surface area (Å²) in [6, 6.07) is 12.2. The van der Waals surface area contributed by atoms with Crippen molar-refractivity contribution in [3.05, 3.63) is 65.1 Å². The second-order valence-corrected chi connectivity index (χ2v) is 6.88. The molecule has 1 aliphatic heterocycles. The van der Waals surface area contributed by atoms with Gasteiger partial charge in [-0.2, -0.15) is 5.10 Å². The monoisotopic (exact) mass is 380 g/mol. The van der Waals surface area contributed by atoms with E-state index in [1.165, 1.54) is 0 Å². The second kappa shape index (κ2) is 7.80. The molecular weight excluding hydrogens is 360 g/mol. The lowest BCUT2D eigenvalue weighted by molar-refractivity contribution is 0.711. The molecule has 3 heterocycles. The average Bonchev–Trinajstić information content (AvgIpc) is 3.32.